The first kappa shape index (κ1) is 16.7. The summed E-state index contributed by atoms with van der Waals surface area (Å²) in [4.78, 5) is 11.9. The van der Waals surface area contributed by atoms with Crippen LogP contribution in [0.2, 0.25) is 0 Å². The fourth-order valence-electron chi connectivity index (χ4n) is 2.88. The third-order valence-corrected chi connectivity index (χ3v) is 3.99. The van der Waals surface area contributed by atoms with E-state index in [2.05, 4.69) is 10.6 Å². The molecule has 1 aromatic carbocycles. The molecule has 1 fully saturated rings. The second kappa shape index (κ2) is 6.65. The molecule has 2 rings (SSSR count). The lowest BCUT2D eigenvalue weighted by Crippen LogP contribution is -2.42. The van der Waals surface area contributed by atoms with Crippen molar-refractivity contribution in [1.82, 2.24) is 10.6 Å². The predicted molar refractivity (Wildman–Crippen MR) is 84.2 cm³/mol. The van der Waals surface area contributed by atoms with Crippen molar-refractivity contribution in [3.63, 3.8) is 0 Å². The lowest BCUT2D eigenvalue weighted by Gasteiger charge is -2.26. The van der Waals surface area contributed by atoms with Crippen LogP contribution in [0, 0.1) is 11.2 Å². The highest BCUT2D eigenvalue weighted by Gasteiger charge is 2.41. The van der Waals surface area contributed by atoms with E-state index >= 15 is 0 Å². The molecule has 4 nitrogen and oxygen atoms in total. The minimum Gasteiger partial charge on any atom is -0.393 e. The number of rotatable bonds is 6. The van der Waals surface area contributed by atoms with Gasteiger partial charge in [-0.15, -0.1) is 0 Å². The minimum absolute atomic E-state index is 0.00298. The number of amides is 2. The highest BCUT2D eigenvalue weighted by Crippen LogP contribution is 2.41. The summed E-state index contributed by atoms with van der Waals surface area (Å²) in [5.74, 6) is -0.146. The van der Waals surface area contributed by atoms with Crippen molar-refractivity contribution in [2.45, 2.75) is 51.7 Å². The van der Waals surface area contributed by atoms with Gasteiger partial charge in [0.2, 0.25) is 0 Å². The van der Waals surface area contributed by atoms with Crippen LogP contribution in [0.1, 0.15) is 45.1 Å². The maximum atomic E-state index is 13.7. The third kappa shape index (κ3) is 4.70. The Hall–Kier alpha value is -1.62. The van der Waals surface area contributed by atoms with Gasteiger partial charge in [0.05, 0.1) is 6.10 Å². The number of nitrogens with one attached hydrogen (secondary N) is 2. The van der Waals surface area contributed by atoms with E-state index in [4.69, 9.17) is 0 Å². The first-order chi connectivity index (χ1) is 10.3. The zero-order valence-electron chi connectivity index (χ0n) is 13.4. The molecule has 0 bridgehead atoms. The molecule has 1 aliphatic rings. The molecule has 1 aliphatic carbocycles. The number of benzene rings is 1. The Labute approximate surface area is 131 Å². The number of carbonyl (C=O) groups is 1. The van der Waals surface area contributed by atoms with E-state index in [0.29, 0.717) is 18.5 Å². The van der Waals surface area contributed by atoms with Crippen LogP contribution in [0.5, 0.6) is 0 Å². The topological polar surface area (TPSA) is 61.4 Å². The standard InChI is InChI=1S/C17H25FN2O2/c1-11(21)9-17(2,3)10-19-16(22)20-15-8-13(15)12-6-4-5-7-14(12)18/h4-7,11,13,15,21H,8-10H2,1-3H3,(H2,19,20,22). The Kier molecular flexibility index (Phi) is 5.06. The van der Waals surface area contributed by atoms with Crippen LogP contribution in [-0.2, 0) is 0 Å². The van der Waals surface area contributed by atoms with Gasteiger partial charge in [-0.2, -0.15) is 0 Å². The second-order valence-electron chi connectivity index (χ2n) is 7.01. The van der Waals surface area contributed by atoms with Gasteiger partial charge in [-0.25, -0.2) is 9.18 Å². The minimum atomic E-state index is -0.395. The van der Waals surface area contributed by atoms with Gasteiger partial charge in [-0.3, -0.25) is 0 Å². The van der Waals surface area contributed by atoms with Crippen molar-refractivity contribution in [2.75, 3.05) is 6.54 Å². The molecule has 5 heteroatoms. The molecule has 0 heterocycles. The van der Waals surface area contributed by atoms with Gasteiger partial charge < -0.3 is 15.7 Å². The van der Waals surface area contributed by atoms with Crippen molar-refractivity contribution in [2.24, 2.45) is 5.41 Å². The molecule has 0 radical (unpaired) electrons. The molecule has 3 N–H and O–H groups in total. The number of carbonyl (C=O) groups excluding carboxylic acids is 1. The number of halogens is 1. The summed E-state index contributed by atoms with van der Waals surface area (Å²) in [5.41, 5.74) is 0.502. The first-order valence-electron chi connectivity index (χ1n) is 7.75. The van der Waals surface area contributed by atoms with Crippen LogP contribution in [0.3, 0.4) is 0 Å². The van der Waals surface area contributed by atoms with Gasteiger partial charge >= 0.3 is 6.03 Å². The van der Waals surface area contributed by atoms with Crippen LogP contribution in [-0.4, -0.2) is 29.8 Å². The molecular weight excluding hydrogens is 283 g/mol. The van der Waals surface area contributed by atoms with Gasteiger partial charge in [0.15, 0.2) is 0 Å². The van der Waals surface area contributed by atoms with E-state index in [1.165, 1.54) is 6.07 Å². The van der Waals surface area contributed by atoms with Gasteiger partial charge in [-0.1, -0.05) is 32.0 Å². The Morgan fingerprint density at radius 1 is 1.45 bits per heavy atom. The van der Waals surface area contributed by atoms with Crippen molar-refractivity contribution in [3.8, 4) is 0 Å². The zero-order chi connectivity index (χ0) is 16.3. The molecule has 1 aromatic rings. The molecule has 0 saturated heterocycles. The maximum absolute atomic E-state index is 13.7. The van der Waals surface area contributed by atoms with Crippen LogP contribution in [0.4, 0.5) is 9.18 Å². The van der Waals surface area contributed by atoms with Crippen molar-refractivity contribution in [3.05, 3.63) is 35.6 Å². The van der Waals surface area contributed by atoms with Crippen molar-refractivity contribution >= 4 is 6.03 Å². The SMILES string of the molecule is CC(O)CC(C)(C)CNC(=O)NC1CC1c1ccccc1F. The molecule has 3 atom stereocenters. The maximum Gasteiger partial charge on any atom is 0.315 e. The molecule has 3 unspecified atom stereocenters. The summed E-state index contributed by atoms with van der Waals surface area (Å²) in [5, 5.41) is 15.1. The number of urea groups is 1. The quantitative estimate of drug-likeness (QED) is 0.757. The fourth-order valence-corrected chi connectivity index (χ4v) is 2.88. The van der Waals surface area contributed by atoms with E-state index < -0.39 is 6.10 Å². The highest BCUT2D eigenvalue weighted by molar-refractivity contribution is 5.75. The Morgan fingerprint density at radius 3 is 2.77 bits per heavy atom. The van der Waals surface area contributed by atoms with E-state index in [9.17, 15) is 14.3 Å². The lowest BCUT2D eigenvalue weighted by molar-refractivity contribution is 0.129. The highest BCUT2D eigenvalue weighted by atomic mass is 19.1. The van der Waals surface area contributed by atoms with E-state index in [1.54, 1.807) is 19.1 Å². The number of aliphatic hydroxyl groups is 1. The molecule has 0 aromatic heterocycles. The summed E-state index contributed by atoms with van der Waals surface area (Å²) in [6, 6.07) is 6.46. The summed E-state index contributed by atoms with van der Waals surface area (Å²) in [7, 11) is 0. The number of hydrogen-bond donors (Lipinski definition) is 3. The fraction of sp³-hybridized carbons (Fsp3) is 0.588. The lowest BCUT2D eigenvalue weighted by atomic mass is 9.87. The normalized spacial score (nSPS) is 22.0. The van der Waals surface area contributed by atoms with Gasteiger partial charge in [-0.05, 0) is 36.8 Å². The zero-order valence-corrected chi connectivity index (χ0v) is 13.4. The van der Waals surface area contributed by atoms with Crippen molar-refractivity contribution in [1.29, 1.82) is 0 Å². The third-order valence-electron chi connectivity index (χ3n) is 3.99. The molecule has 2 amide bonds. The Morgan fingerprint density at radius 2 is 2.14 bits per heavy atom. The first-order valence-corrected chi connectivity index (χ1v) is 7.75. The predicted octanol–water partition coefficient (Wildman–Crippen LogP) is 2.78. The summed E-state index contributed by atoms with van der Waals surface area (Å²) >= 11 is 0. The van der Waals surface area contributed by atoms with Crippen molar-refractivity contribution < 1.29 is 14.3 Å². The van der Waals surface area contributed by atoms with Crippen LogP contribution < -0.4 is 10.6 Å². The van der Waals surface area contributed by atoms with Crippen LogP contribution in [0.25, 0.3) is 0 Å². The summed E-state index contributed by atoms with van der Waals surface area (Å²) in [6.07, 6.45) is 0.994. The van der Waals surface area contributed by atoms with E-state index in [1.807, 2.05) is 19.9 Å². The van der Waals surface area contributed by atoms with Crippen LogP contribution in [0.15, 0.2) is 24.3 Å². The summed E-state index contributed by atoms with van der Waals surface area (Å²) in [6.45, 7) is 6.23. The monoisotopic (exact) mass is 308 g/mol. The van der Waals surface area contributed by atoms with Gasteiger partial charge in [0.25, 0.3) is 0 Å². The molecule has 0 spiro atoms. The second-order valence-corrected chi connectivity index (χ2v) is 7.01. The molecule has 0 aliphatic heterocycles. The molecule has 1 saturated carbocycles. The Balaban J connectivity index is 1.77. The average molecular weight is 308 g/mol. The van der Waals surface area contributed by atoms with E-state index in [0.717, 1.165) is 6.42 Å². The molecule has 122 valence electrons. The number of hydrogen-bond acceptors (Lipinski definition) is 2. The average Bonchev–Trinajstić information content (AvgIpc) is 3.15. The molecular formula is C17H25FN2O2. The Bertz CT molecular complexity index is 531. The van der Waals surface area contributed by atoms with E-state index in [-0.39, 0.29) is 29.2 Å². The molecule has 22 heavy (non-hydrogen) atoms. The largest absolute Gasteiger partial charge is 0.393 e. The smallest absolute Gasteiger partial charge is 0.315 e. The van der Waals surface area contributed by atoms with Gasteiger partial charge in [0, 0.05) is 18.5 Å². The number of aliphatic hydroxyl groups excluding tert-OH is 1. The van der Waals surface area contributed by atoms with Gasteiger partial charge in [0.1, 0.15) is 5.82 Å². The van der Waals surface area contributed by atoms with Crippen LogP contribution >= 0.6 is 0 Å². The summed E-state index contributed by atoms with van der Waals surface area (Å²) < 4.78 is 13.7.